The van der Waals surface area contributed by atoms with E-state index in [2.05, 4.69) is 20.8 Å². The first-order valence-electron chi connectivity index (χ1n) is 9.64. The Hall–Kier alpha value is -1.22. The van der Waals surface area contributed by atoms with Gasteiger partial charge in [0.2, 0.25) is 0 Å². The molecule has 1 aromatic heterocycles. The van der Waals surface area contributed by atoms with Crippen molar-refractivity contribution >= 4 is 71.7 Å². The molecular formula is C21H20BrCl2N3O2S. The van der Waals surface area contributed by atoms with E-state index in [0.717, 1.165) is 54.0 Å². The maximum Gasteiger partial charge on any atom is 0.260 e. The Kier molecular flexibility index (Phi) is 7.28. The molecule has 2 aromatic carbocycles. The van der Waals surface area contributed by atoms with E-state index in [4.69, 9.17) is 32.9 Å². The molecule has 0 spiro atoms. The normalized spacial score (nSPS) is 14.9. The molecule has 0 aliphatic carbocycles. The van der Waals surface area contributed by atoms with Crippen LogP contribution < -0.4 is 4.90 Å². The van der Waals surface area contributed by atoms with Gasteiger partial charge in [0.1, 0.15) is 0 Å². The number of benzene rings is 2. The summed E-state index contributed by atoms with van der Waals surface area (Å²) in [4.78, 5) is 22.2. The highest BCUT2D eigenvalue weighted by Crippen LogP contribution is 2.32. The fraction of sp³-hybridized carbons (Fsp3) is 0.333. The van der Waals surface area contributed by atoms with Gasteiger partial charge in [-0.3, -0.25) is 14.6 Å². The molecular weight excluding hydrogens is 509 g/mol. The average Bonchev–Trinajstić information content (AvgIpc) is 3.13. The zero-order valence-corrected chi connectivity index (χ0v) is 20.0. The smallest absolute Gasteiger partial charge is 0.260 e. The highest BCUT2D eigenvalue weighted by molar-refractivity contribution is 9.10. The predicted molar refractivity (Wildman–Crippen MR) is 127 cm³/mol. The van der Waals surface area contributed by atoms with Gasteiger partial charge in [0.05, 0.1) is 23.4 Å². The lowest BCUT2D eigenvalue weighted by Crippen LogP contribution is -2.39. The number of carbonyl (C=O) groups excluding carboxylic acids is 1. The molecule has 3 aromatic rings. The number of halogens is 3. The van der Waals surface area contributed by atoms with Crippen LogP contribution in [-0.2, 0) is 4.74 Å². The number of carbonyl (C=O) groups is 1. The summed E-state index contributed by atoms with van der Waals surface area (Å²) in [6.07, 6.45) is 0.833. The molecule has 0 radical (unpaired) electrons. The Morgan fingerprint density at radius 2 is 1.90 bits per heavy atom. The van der Waals surface area contributed by atoms with Gasteiger partial charge in [0.25, 0.3) is 5.91 Å². The maximum absolute atomic E-state index is 13.4. The summed E-state index contributed by atoms with van der Waals surface area (Å²) in [6, 6.07) is 10.8. The van der Waals surface area contributed by atoms with Crippen LogP contribution in [0, 0.1) is 0 Å². The van der Waals surface area contributed by atoms with E-state index < -0.39 is 0 Å². The van der Waals surface area contributed by atoms with Crippen molar-refractivity contribution in [2.75, 3.05) is 44.3 Å². The van der Waals surface area contributed by atoms with Crippen LogP contribution in [0.3, 0.4) is 0 Å². The van der Waals surface area contributed by atoms with Crippen molar-refractivity contribution in [3.8, 4) is 0 Å². The molecule has 30 heavy (non-hydrogen) atoms. The molecule has 0 N–H and O–H groups in total. The third-order valence-electron chi connectivity index (χ3n) is 4.88. The number of aromatic nitrogens is 1. The second kappa shape index (κ2) is 9.94. The number of hydrogen-bond acceptors (Lipinski definition) is 5. The van der Waals surface area contributed by atoms with Gasteiger partial charge in [-0.05, 0) is 42.8 Å². The van der Waals surface area contributed by atoms with Gasteiger partial charge in [-0.15, -0.1) is 0 Å². The van der Waals surface area contributed by atoms with E-state index in [9.17, 15) is 4.79 Å². The minimum atomic E-state index is -0.153. The summed E-state index contributed by atoms with van der Waals surface area (Å²) in [7, 11) is 0. The van der Waals surface area contributed by atoms with E-state index in [1.165, 1.54) is 11.3 Å². The van der Waals surface area contributed by atoms with E-state index in [0.29, 0.717) is 27.3 Å². The van der Waals surface area contributed by atoms with Gasteiger partial charge in [0.15, 0.2) is 5.13 Å². The van der Waals surface area contributed by atoms with Crippen LogP contribution in [0.1, 0.15) is 16.8 Å². The lowest BCUT2D eigenvalue weighted by molar-refractivity contribution is 0.0376. The summed E-state index contributed by atoms with van der Waals surface area (Å²) in [5, 5.41) is 1.55. The summed E-state index contributed by atoms with van der Waals surface area (Å²) < 4.78 is 7.42. The van der Waals surface area contributed by atoms with Crippen molar-refractivity contribution in [3.05, 3.63) is 56.5 Å². The van der Waals surface area contributed by atoms with Gasteiger partial charge in [0, 0.05) is 46.3 Å². The summed E-state index contributed by atoms with van der Waals surface area (Å²) in [6.45, 7) is 4.83. The average molecular weight is 529 g/mol. The third-order valence-corrected chi connectivity index (χ3v) is 6.86. The van der Waals surface area contributed by atoms with Crippen molar-refractivity contribution in [1.29, 1.82) is 0 Å². The van der Waals surface area contributed by atoms with Crippen LogP contribution in [0.25, 0.3) is 10.2 Å². The molecule has 1 aliphatic rings. The molecule has 0 bridgehead atoms. The first kappa shape index (κ1) is 22.0. The van der Waals surface area contributed by atoms with Crippen LogP contribution in [-0.4, -0.2) is 55.2 Å². The Labute approximate surface area is 197 Å². The molecule has 5 nitrogen and oxygen atoms in total. The first-order chi connectivity index (χ1) is 14.5. The predicted octanol–water partition coefficient (Wildman–Crippen LogP) is 5.73. The fourth-order valence-electron chi connectivity index (χ4n) is 3.40. The summed E-state index contributed by atoms with van der Waals surface area (Å²) >= 11 is 17.3. The van der Waals surface area contributed by atoms with Crippen molar-refractivity contribution in [2.45, 2.75) is 6.42 Å². The van der Waals surface area contributed by atoms with E-state index >= 15 is 0 Å². The standard InChI is InChI=1S/C21H20BrCl2N3O2S/c22-15-2-3-18-19(12-15)30-21(25-18)27(5-1-4-26-6-8-29-9-7-26)20(28)14-10-16(23)13-17(24)11-14/h2-3,10-13H,1,4-9H2. The zero-order chi connectivity index (χ0) is 21.1. The Morgan fingerprint density at radius 1 is 1.17 bits per heavy atom. The largest absolute Gasteiger partial charge is 0.379 e. The Morgan fingerprint density at radius 3 is 2.63 bits per heavy atom. The molecule has 2 heterocycles. The van der Waals surface area contributed by atoms with E-state index in [1.807, 2.05) is 18.2 Å². The zero-order valence-electron chi connectivity index (χ0n) is 16.1. The first-order valence-corrected chi connectivity index (χ1v) is 12.0. The van der Waals surface area contributed by atoms with Gasteiger partial charge in [-0.25, -0.2) is 4.98 Å². The SMILES string of the molecule is O=C(c1cc(Cl)cc(Cl)c1)N(CCCN1CCOCC1)c1nc2ccc(Br)cc2s1. The van der Waals surface area contributed by atoms with Gasteiger partial charge in [-0.2, -0.15) is 0 Å². The second-order valence-electron chi connectivity index (χ2n) is 7.03. The number of fused-ring (bicyclic) bond motifs is 1. The minimum Gasteiger partial charge on any atom is -0.379 e. The lowest BCUT2D eigenvalue weighted by Gasteiger charge is -2.27. The molecule has 1 fully saturated rings. The third kappa shape index (κ3) is 5.33. The van der Waals surface area contributed by atoms with E-state index in [-0.39, 0.29) is 5.91 Å². The number of morpholine rings is 1. The molecule has 1 amide bonds. The van der Waals surface area contributed by atoms with E-state index in [1.54, 1.807) is 23.1 Å². The number of hydrogen-bond donors (Lipinski definition) is 0. The maximum atomic E-state index is 13.4. The van der Waals surface area contributed by atoms with Gasteiger partial charge < -0.3 is 4.74 Å². The van der Waals surface area contributed by atoms with Crippen LogP contribution in [0.2, 0.25) is 10.0 Å². The van der Waals surface area contributed by atoms with Crippen molar-refractivity contribution in [1.82, 2.24) is 9.88 Å². The highest BCUT2D eigenvalue weighted by Gasteiger charge is 2.22. The fourth-order valence-corrected chi connectivity index (χ4v) is 5.46. The number of anilines is 1. The number of ether oxygens (including phenoxy) is 1. The Balaban J connectivity index is 1.59. The quantitative estimate of drug-likeness (QED) is 0.409. The highest BCUT2D eigenvalue weighted by atomic mass is 79.9. The number of amides is 1. The number of thiazole rings is 1. The van der Waals surface area contributed by atoms with Crippen molar-refractivity contribution in [3.63, 3.8) is 0 Å². The molecule has 1 aliphatic heterocycles. The van der Waals surface area contributed by atoms with Gasteiger partial charge >= 0.3 is 0 Å². The Bertz CT molecular complexity index is 1040. The topological polar surface area (TPSA) is 45.7 Å². The lowest BCUT2D eigenvalue weighted by atomic mass is 10.2. The monoisotopic (exact) mass is 527 g/mol. The molecule has 0 unspecified atom stereocenters. The molecule has 9 heteroatoms. The minimum absolute atomic E-state index is 0.153. The van der Waals surface area contributed by atoms with Crippen molar-refractivity contribution < 1.29 is 9.53 Å². The van der Waals surface area contributed by atoms with Crippen LogP contribution in [0.4, 0.5) is 5.13 Å². The van der Waals surface area contributed by atoms with Crippen LogP contribution in [0.15, 0.2) is 40.9 Å². The molecule has 1 saturated heterocycles. The number of nitrogens with zero attached hydrogens (tertiary/aromatic N) is 3. The van der Waals surface area contributed by atoms with Crippen LogP contribution >= 0.6 is 50.5 Å². The summed E-state index contributed by atoms with van der Waals surface area (Å²) in [5.41, 5.74) is 1.33. The summed E-state index contributed by atoms with van der Waals surface area (Å²) in [5.74, 6) is -0.153. The second-order valence-corrected chi connectivity index (χ2v) is 9.83. The van der Waals surface area contributed by atoms with Crippen LogP contribution in [0.5, 0.6) is 0 Å². The molecule has 4 rings (SSSR count). The molecule has 0 atom stereocenters. The molecule has 0 saturated carbocycles. The molecule has 158 valence electrons. The van der Waals surface area contributed by atoms with Crippen molar-refractivity contribution in [2.24, 2.45) is 0 Å². The van der Waals surface area contributed by atoms with Gasteiger partial charge in [-0.1, -0.05) is 50.5 Å². The number of rotatable bonds is 6.